The summed E-state index contributed by atoms with van der Waals surface area (Å²) in [5.41, 5.74) is 1.19. The number of ether oxygens (including phenoxy) is 1. The lowest BCUT2D eigenvalue weighted by Gasteiger charge is -2.33. The summed E-state index contributed by atoms with van der Waals surface area (Å²) >= 11 is 0. The van der Waals surface area contributed by atoms with Crippen LogP contribution < -0.4 is 10.6 Å². The van der Waals surface area contributed by atoms with E-state index in [0.29, 0.717) is 32.6 Å². The number of aliphatic hydroxyl groups is 1. The molecule has 5 nitrogen and oxygen atoms in total. The van der Waals surface area contributed by atoms with Crippen LogP contribution >= 0.6 is 0 Å². The van der Waals surface area contributed by atoms with Crippen LogP contribution in [0.1, 0.15) is 38.3 Å². The molecule has 3 N–H and O–H groups in total. The lowest BCUT2D eigenvalue weighted by Crippen LogP contribution is -2.45. The second-order valence-electron chi connectivity index (χ2n) is 5.75. The zero-order valence-electron chi connectivity index (χ0n) is 12.7. The number of anilines is 1. The van der Waals surface area contributed by atoms with Crippen LogP contribution in [0.2, 0.25) is 0 Å². The molecule has 0 radical (unpaired) electrons. The van der Waals surface area contributed by atoms with E-state index in [0.717, 1.165) is 11.3 Å². The third-order valence-electron chi connectivity index (χ3n) is 3.87. The molecular formula is C16H24N2O3. The minimum Gasteiger partial charge on any atom is -0.388 e. The van der Waals surface area contributed by atoms with E-state index in [-0.39, 0.29) is 11.9 Å². The van der Waals surface area contributed by atoms with Gasteiger partial charge in [0.25, 0.3) is 0 Å². The Bertz CT molecular complexity index is 484. The number of carbonyl (C=O) groups is 1. The fourth-order valence-electron chi connectivity index (χ4n) is 2.48. The first-order chi connectivity index (χ1) is 9.98. The van der Waals surface area contributed by atoms with E-state index < -0.39 is 5.60 Å². The molecule has 0 spiro atoms. The highest BCUT2D eigenvalue weighted by molar-refractivity contribution is 5.88. The summed E-state index contributed by atoms with van der Waals surface area (Å²) < 4.78 is 5.28. The van der Waals surface area contributed by atoms with Gasteiger partial charge < -0.3 is 20.5 Å². The van der Waals surface area contributed by atoms with Crippen molar-refractivity contribution in [2.24, 2.45) is 0 Å². The fourth-order valence-corrected chi connectivity index (χ4v) is 2.48. The number of benzene rings is 1. The van der Waals surface area contributed by atoms with E-state index in [4.69, 9.17) is 4.74 Å². The molecule has 0 aliphatic carbocycles. The second-order valence-corrected chi connectivity index (χ2v) is 5.75. The van der Waals surface area contributed by atoms with Gasteiger partial charge in [0, 0.05) is 51.3 Å². The van der Waals surface area contributed by atoms with Gasteiger partial charge in [-0.25, -0.2) is 0 Å². The smallest absolute Gasteiger partial charge is 0.221 e. The molecule has 116 valence electrons. The van der Waals surface area contributed by atoms with Crippen molar-refractivity contribution >= 4 is 11.6 Å². The molecule has 5 heteroatoms. The SMILES string of the molecule is CC(=O)Nc1cccc(C(C)NCC2(O)CCOCC2)c1. The summed E-state index contributed by atoms with van der Waals surface area (Å²) in [7, 11) is 0. The van der Waals surface area contributed by atoms with Crippen molar-refractivity contribution in [3.05, 3.63) is 29.8 Å². The lowest BCUT2D eigenvalue weighted by atomic mass is 9.94. The molecule has 0 saturated carbocycles. The van der Waals surface area contributed by atoms with Crippen LogP contribution in [0, 0.1) is 0 Å². The standard InChI is InChI=1S/C16H24N2O3/c1-12(17-11-16(20)6-8-21-9-7-16)14-4-3-5-15(10-14)18-13(2)19/h3-5,10,12,17,20H,6-9,11H2,1-2H3,(H,18,19). The first kappa shape index (κ1) is 15.9. The van der Waals surface area contributed by atoms with E-state index in [9.17, 15) is 9.90 Å². The van der Waals surface area contributed by atoms with Gasteiger partial charge in [0.1, 0.15) is 0 Å². The molecule has 1 aliphatic heterocycles. The van der Waals surface area contributed by atoms with Crippen molar-refractivity contribution in [2.75, 3.05) is 25.1 Å². The van der Waals surface area contributed by atoms with Crippen LogP contribution in [-0.4, -0.2) is 36.4 Å². The largest absolute Gasteiger partial charge is 0.388 e. The van der Waals surface area contributed by atoms with Gasteiger partial charge in [0.15, 0.2) is 0 Å². The Hall–Kier alpha value is -1.43. The maximum atomic E-state index is 11.1. The summed E-state index contributed by atoms with van der Waals surface area (Å²) in [5, 5.41) is 16.6. The van der Waals surface area contributed by atoms with Crippen molar-refractivity contribution in [2.45, 2.75) is 38.3 Å². The Labute approximate surface area is 125 Å². The third kappa shape index (κ3) is 4.81. The van der Waals surface area contributed by atoms with Gasteiger partial charge in [0.2, 0.25) is 5.91 Å². The van der Waals surface area contributed by atoms with Gasteiger partial charge in [0.05, 0.1) is 5.60 Å². The number of carbonyl (C=O) groups excluding carboxylic acids is 1. The van der Waals surface area contributed by atoms with Gasteiger partial charge in [-0.2, -0.15) is 0 Å². The maximum Gasteiger partial charge on any atom is 0.221 e. The molecular weight excluding hydrogens is 268 g/mol. The predicted molar refractivity (Wildman–Crippen MR) is 82.2 cm³/mol. The van der Waals surface area contributed by atoms with Crippen LogP contribution in [0.25, 0.3) is 0 Å². The van der Waals surface area contributed by atoms with Crippen LogP contribution in [-0.2, 0) is 9.53 Å². The highest BCUT2D eigenvalue weighted by Gasteiger charge is 2.29. The Balaban J connectivity index is 1.93. The zero-order valence-corrected chi connectivity index (χ0v) is 12.7. The van der Waals surface area contributed by atoms with E-state index in [1.54, 1.807) is 0 Å². The Kier molecular flexibility index (Phi) is 5.33. The number of amides is 1. The molecule has 21 heavy (non-hydrogen) atoms. The van der Waals surface area contributed by atoms with E-state index in [1.807, 2.05) is 24.3 Å². The van der Waals surface area contributed by atoms with Crippen LogP contribution in [0.4, 0.5) is 5.69 Å². The molecule has 0 bridgehead atoms. The minimum atomic E-state index is -0.679. The Morgan fingerprint density at radius 1 is 1.43 bits per heavy atom. The number of nitrogens with one attached hydrogen (secondary N) is 2. The van der Waals surface area contributed by atoms with Crippen molar-refractivity contribution in [3.8, 4) is 0 Å². The van der Waals surface area contributed by atoms with Crippen molar-refractivity contribution in [1.82, 2.24) is 5.32 Å². The molecule has 2 rings (SSSR count). The van der Waals surface area contributed by atoms with Crippen LogP contribution in [0.15, 0.2) is 24.3 Å². The molecule has 1 aromatic carbocycles. The molecule has 1 heterocycles. The summed E-state index contributed by atoms with van der Waals surface area (Å²) in [4.78, 5) is 11.1. The third-order valence-corrected chi connectivity index (χ3v) is 3.87. The fraction of sp³-hybridized carbons (Fsp3) is 0.562. The number of hydrogen-bond donors (Lipinski definition) is 3. The molecule has 0 aromatic heterocycles. The highest BCUT2D eigenvalue weighted by atomic mass is 16.5. The number of rotatable bonds is 5. The zero-order chi connectivity index (χ0) is 15.3. The van der Waals surface area contributed by atoms with Gasteiger partial charge in [-0.15, -0.1) is 0 Å². The Morgan fingerprint density at radius 2 is 2.14 bits per heavy atom. The van der Waals surface area contributed by atoms with Gasteiger partial charge in [-0.05, 0) is 24.6 Å². The van der Waals surface area contributed by atoms with Gasteiger partial charge >= 0.3 is 0 Å². The molecule has 1 aromatic rings. The minimum absolute atomic E-state index is 0.0794. The monoisotopic (exact) mass is 292 g/mol. The first-order valence-electron chi connectivity index (χ1n) is 7.40. The first-order valence-corrected chi connectivity index (χ1v) is 7.40. The molecule has 1 atom stereocenters. The summed E-state index contributed by atoms with van der Waals surface area (Å²) in [6.45, 7) is 5.32. The lowest BCUT2D eigenvalue weighted by molar-refractivity contribution is -0.114. The molecule has 1 unspecified atom stereocenters. The maximum absolute atomic E-state index is 11.1. The van der Waals surface area contributed by atoms with Crippen molar-refractivity contribution < 1.29 is 14.6 Å². The molecule has 1 fully saturated rings. The Morgan fingerprint density at radius 3 is 2.81 bits per heavy atom. The topological polar surface area (TPSA) is 70.6 Å². The van der Waals surface area contributed by atoms with Crippen LogP contribution in [0.5, 0.6) is 0 Å². The van der Waals surface area contributed by atoms with Crippen LogP contribution in [0.3, 0.4) is 0 Å². The molecule has 1 saturated heterocycles. The summed E-state index contributed by atoms with van der Waals surface area (Å²) in [6.07, 6.45) is 1.33. The predicted octanol–water partition coefficient (Wildman–Crippen LogP) is 1.84. The molecule has 1 amide bonds. The average Bonchev–Trinajstić information content (AvgIpc) is 2.45. The normalized spacial score (nSPS) is 19.0. The summed E-state index contributed by atoms with van der Waals surface area (Å²) in [5.74, 6) is -0.0794. The number of hydrogen-bond acceptors (Lipinski definition) is 4. The second kappa shape index (κ2) is 7.02. The van der Waals surface area contributed by atoms with E-state index in [1.165, 1.54) is 6.92 Å². The van der Waals surface area contributed by atoms with Gasteiger partial charge in [-0.1, -0.05) is 12.1 Å². The van der Waals surface area contributed by atoms with Gasteiger partial charge in [-0.3, -0.25) is 4.79 Å². The molecule has 1 aliphatic rings. The average molecular weight is 292 g/mol. The highest BCUT2D eigenvalue weighted by Crippen LogP contribution is 2.22. The summed E-state index contributed by atoms with van der Waals surface area (Å²) in [6, 6.07) is 7.85. The van der Waals surface area contributed by atoms with E-state index in [2.05, 4.69) is 17.6 Å². The quantitative estimate of drug-likeness (QED) is 0.774. The van der Waals surface area contributed by atoms with E-state index >= 15 is 0 Å². The van der Waals surface area contributed by atoms with Crippen molar-refractivity contribution in [1.29, 1.82) is 0 Å². The van der Waals surface area contributed by atoms with Crippen molar-refractivity contribution in [3.63, 3.8) is 0 Å².